The first-order valence-electron chi connectivity index (χ1n) is 16.9. The summed E-state index contributed by atoms with van der Waals surface area (Å²) in [4.78, 5) is 47.5. The zero-order valence-corrected chi connectivity index (χ0v) is 29.6. The van der Waals surface area contributed by atoms with Gasteiger partial charge in [0.15, 0.2) is 5.78 Å². The number of ether oxygens (including phenoxy) is 7. The summed E-state index contributed by atoms with van der Waals surface area (Å²) in [7, 11) is 0. The van der Waals surface area contributed by atoms with Gasteiger partial charge in [0.05, 0.1) is 88.7 Å². The number of carbonyl (C=O) groups excluding carboxylic acids is 3. The fourth-order valence-corrected chi connectivity index (χ4v) is 4.57. The summed E-state index contributed by atoms with van der Waals surface area (Å²) in [6.07, 6.45) is 0.724. The van der Waals surface area contributed by atoms with Gasteiger partial charge >= 0.3 is 11.7 Å². The van der Waals surface area contributed by atoms with Gasteiger partial charge in [-0.05, 0) is 55.3 Å². The van der Waals surface area contributed by atoms with Crippen molar-refractivity contribution >= 4 is 34.7 Å². The molecule has 3 aromatic carbocycles. The van der Waals surface area contributed by atoms with Gasteiger partial charge in [-0.25, -0.2) is 4.79 Å². The van der Waals surface area contributed by atoms with Gasteiger partial charge in [0.25, 0.3) is 0 Å². The third-order valence-electron chi connectivity index (χ3n) is 7.09. The second-order valence-electron chi connectivity index (χ2n) is 11.2. The van der Waals surface area contributed by atoms with E-state index in [4.69, 9.17) is 33.2 Å². The van der Waals surface area contributed by atoms with Crippen molar-refractivity contribution < 1.29 is 52.5 Å². The van der Waals surface area contributed by atoms with E-state index in [-0.39, 0.29) is 16.8 Å². The standard InChI is InChI=1S/C37H47N3O12/c1-28(41)33-13-14-34(39-29(2)42)35(40(44)45)36(33)52-37(43)31-9-11-32(12-10-31)38-15-6-16-46-17-18-47-19-20-48-21-22-49-23-24-50-25-26-51-27-30-7-4-3-5-8-30/h3-5,7-14,38H,6,15-27H2,1-2H3,(H,39,42). The molecule has 0 aliphatic heterocycles. The van der Waals surface area contributed by atoms with E-state index in [1.807, 2.05) is 30.3 Å². The molecule has 0 aromatic heterocycles. The molecule has 0 saturated heterocycles. The lowest BCUT2D eigenvalue weighted by molar-refractivity contribution is -0.384. The summed E-state index contributed by atoms with van der Waals surface area (Å²) in [6.45, 7) is 8.91. The number of hydrogen-bond donors (Lipinski definition) is 2. The third kappa shape index (κ3) is 16.1. The number of rotatable bonds is 27. The highest BCUT2D eigenvalue weighted by atomic mass is 16.6. The van der Waals surface area contributed by atoms with Gasteiger partial charge in [0.1, 0.15) is 5.69 Å². The Labute approximate surface area is 303 Å². The fourth-order valence-electron chi connectivity index (χ4n) is 4.57. The number of nitro groups is 1. The van der Waals surface area contributed by atoms with Crippen LogP contribution in [0.2, 0.25) is 0 Å². The van der Waals surface area contributed by atoms with Crippen LogP contribution >= 0.6 is 0 Å². The predicted octanol–water partition coefficient (Wildman–Crippen LogP) is 5.08. The molecule has 0 heterocycles. The Kier molecular flexibility index (Phi) is 19.6. The Hall–Kier alpha value is -4.77. The number of anilines is 2. The molecule has 0 bridgehead atoms. The van der Waals surface area contributed by atoms with Crippen LogP contribution in [0.4, 0.5) is 17.1 Å². The van der Waals surface area contributed by atoms with Crippen LogP contribution in [0.25, 0.3) is 0 Å². The van der Waals surface area contributed by atoms with Crippen molar-refractivity contribution in [2.45, 2.75) is 26.9 Å². The smallest absolute Gasteiger partial charge is 0.343 e. The Balaban J connectivity index is 1.18. The molecule has 15 nitrogen and oxygen atoms in total. The molecule has 1 amide bonds. The SMILES string of the molecule is CC(=O)Nc1ccc(C(C)=O)c(OC(=O)c2ccc(NCCCOCCOCCOCCOCCOCCOCc3ccccc3)cc2)c1[N+](=O)[O-]. The molecule has 0 spiro atoms. The first kappa shape index (κ1) is 41.6. The van der Waals surface area contributed by atoms with Crippen molar-refractivity contribution in [3.05, 3.63) is 93.5 Å². The number of esters is 1. The number of nitrogens with one attached hydrogen (secondary N) is 2. The third-order valence-corrected chi connectivity index (χ3v) is 7.09. The van der Waals surface area contributed by atoms with Crippen LogP contribution in [0.5, 0.6) is 5.75 Å². The van der Waals surface area contributed by atoms with Crippen LogP contribution in [0, 0.1) is 10.1 Å². The van der Waals surface area contributed by atoms with Gasteiger partial charge in [-0.1, -0.05) is 30.3 Å². The molecule has 3 aromatic rings. The van der Waals surface area contributed by atoms with E-state index in [0.29, 0.717) is 85.8 Å². The molecule has 0 radical (unpaired) electrons. The van der Waals surface area contributed by atoms with E-state index in [1.165, 1.54) is 38.1 Å². The van der Waals surface area contributed by atoms with Crippen molar-refractivity contribution in [2.24, 2.45) is 0 Å². The van der Waals surface area contributed by atoms with Crippen molar-refractivity contribution in [1.82, 2.24) is 0 Å². The average Bonchev–Trinajstić information content (AvgIpc) is 3.12. The topological polar surface area (TPSA) is 183 Å². The van der Waals surface area contributed by atoms with Gasteiger partial charge < -0.3 is 43.8 Å². The lowest BCUT2D eigenvalue weighted by Crippen LogP contribution is -2.15. The number of Topliss-reactive ketones (excluding diaryl/α,β-unsaturated/α-hetero) is 1. The summed E-state index contributed by atoms with van der Waals surface area (Å²) in [5.74, 6) is -2.55. The molecule has 0 unspecified atom stereocenters. The normalized spacial score (nSPS) is 10.9. The highest BCUT2D eigenvalue weighted by molar-refractivity contribution is 6.03. The molecular weight excluding hydrogens is 678 g/mol. The van der Waals surface area contributed by atoms with Gasteiger partial charge in [-0.3, -0.25) is 19.7 Å². The van der Waals surface area contributed by atoms with E-state index in [2.05, 4.69) is 10.6 Å². The zero-order chi connectivity index (χ0) is 37.4. The van der Waals surface area contributed by atoms with E-state index < -0.39 is 34.0 Å². The first-order valence-corrected chi connectivity index (χ1v) is 16.9. The minimum absolute atomic E-state index is 0.111. The minimum Gasteiger partial charge on any atom is -0.415 e. The molecule has 15 heteroatoms. The maximum atomic E-state index is 12.9. The summed E-state index contributed by atoms with van der Waals surface area (Å²) >= 11 is 0. The number of nitrogens with zero attached hydrogens (tertiary/aromatic N) is 1. The summed E-state index contributed by atoms with van der Waals surface area (Å²) in [5.41, 5.74) is 0.937. The van der Waals surface area contributed by atoms with E-state index in [0.717, 1.165) is 17.7 Å². The molecule has 3 rings (SSSR count). The number of benzene rings is 3. The largest absolute Gasteiger partial charge is 0.415 e. The zero-order valence-electron chi connectivity index (χ0n) is 29.6. The molecule has 0 atom stereocenters. The number of carbonyl (C=O) groups is 3. The Morgan fingerprint density at radius 3 is 1.73 bits per heavy atom. The van der Waals surface area contributed by atoms with E-state index >= 15 is 0 Å². The molecule has 52 heavy (non-hydrogen) atoms. The highest BCUT2D eigenvalue weighted by Gasteiger charge is 2.29. The number of ketones is 1. The van der Waals surface area contributed by atoms with Crippen molar-refractivity contribution in [3.63, 3.8) is 0 Å². The average molecular weight is 726 g/mol. The molecule has 0 aliphatic rings. The summed E-state index contributed by atoms with van der Waals surface area (Å²) in [5, 5.41) is 17.4. The van der Waals surface area contributed by atoms with Crippen molar-refractivity contribution in [2.75, 3.05) is 89.9 Å². The van der Waals surface area contributed by atoms with Gasteiger partial charge in [0.2, 0.25) is 11.7 Å². The van der Waals surface area contributed by atoms with Crippen LogP contribution < -0.4 is 15.4 Å². The Morgan fingerprint density at radius 1 is 0.673 bits per heavy atom. The Morgan fingerprint density at radius 2 is 1.21 bits per heavy atom. The Bertz CT molecular complexity index is 1540. The van der Waals surface area contributed by atoms with Crippen molar-refractivity contribution in [3.8, 4) is 5.75 Å². The molecule has 282 valence electrons. The maximum absolute atomic E-state index is 12.9. The van der Waals surface area contributed by atoms with Gasteiger partial charge in [-0.2, -0.15) is 0 Å². The van der Waals surface area contributed by atoms with Crippen LogP contribution in [-0.4, -0.2) is 102 Å². The van der Waals surface area contributed by atoms with Crippen LogP contribution in [0.15, 0.2) is 66.7 Å². The molecule has 2 N–H and O–H groups in total. The lowest BCUT2D eigenvalue weighted by atomic mass is 10.1. The van der Waals surface area contributed by atoms with Crippen LogP contribution in [-0.2, 0) is 39.8 Å². The molecule has 0 aliphatic carbocycles. The second kappa shape index (κ2) is 24.4. The van der Waals surface area contributed by atoms with E-state index in [9.17, 15) is 24.5 Å². The van der Waals surface area contributed by atoms with Crippen LogP contribution in [0.3, 0.4) is 0 Å². The number of nitro benzene ring substituents is 1. The highest BCUT2D eigenvalue weighted by Crippen LogP contribution is 2.39. The second-order valence-corrected chi connectivity index (χ2v) is 11.2. The van der Waals surface area contributed by atoms with E-state index in [1.54, 1.807) is 12.1 Å². The van der Waals surface area contributed by atoms with Crippen LogP contribution in [0.1, 0.15) is 46.5 Å². The minimum atomic E-state index is -0.900. The predicted molar refractivity (Wildman–Crippen MR) is 192 cm³/mol. The fraction of sp³-hybridized carbons (Fsp3) is 0.432. The first-order chi connectivity index (χ1) is 25.3. The van der Waals surface area contributed by atoms with Gasteiger partial charge in [0, 0.05) is 25.8 Å². The van der Waals surface area contributed by atoms with Gasteiger partial charge in [-0.15, -0.1) is 0 Å². The maximum Gasteiger partial charge on any atom is 0.343 e. The molecular formula is C37H47N3O12. The number of hydrogen-bond acceptors (Lipinski definition) is 13. The quantitative estimate of drug-likeness (QED) is 0.0265. The lowest BCUT2D eigenvalue weighted by Gasteiger charge is -2.12. The van der Waals surface area contributed by atoms with Crippen molar-refractivity contribution in [1.29, 1.82) is 0 Å². The molecule has 0 fully saturated rings. The monoisotopic (exact) mass is 725 g/mol. The number of amides is 1. The summed E-state index contributed by atoms with van der Waals surface area (Å²) in [6, 6.07) is 18.8. The molecule has 0 saturated carbocycles. The summed E-state index contributed by atoms with van der Waals surface area (Å²) < 4.78 is 38.5.